The highest BCUT2D eigenvalue weighted by molar-refractivity contribution is 6.11. The number of aromatic nitrogens is 2. The van der Waals surface area contributed by atoms with E-state index in [1.54, 1.807) is 18.2 Å². The molecule has 0 unspecified atom stereocenters. The number of hydrogen-bond donors (Lipinski definition) is 1. The van der Waals surface area contributed by atoms with E-state index < -0.39 is 0 Å². The van der Waals surface area contributed by atoms with Gasteiger partial charge >= 0.3 is 0 Å². The maximum atomic E-state index is 12.8. The predicted molar refractivity (Wildman–Crippen MR) is 105 cm³/mol. The Balaban J connectivity index is 2.00. The maximum Gasteiger partial charge on any atom is 0.276 e. The molecule has 0 fully saturated rings. The molecule has 0 aliphatic rings. The van der Waals surface area contributed by atoms with Gasteiger partial charge in [-0.25, -0.2) is 4.68 Å². The molecular formula is C21H23N3O2. The van der Waals surface area contributed by atoms with Crippen molar-refractivity contribution in [1.29, 1.82) is 0 Å². The highest BCUT2D eigenvalue weighted by atomic mass is 16.2. The summed E-state index contributed by atoms with van der Waals surface area (Å²) in [7, 11) is 0. The van der Waals surface area contributed by atoms with Crippen LogP contribution in [0.4, 0.5) is 5.69 Å². The highest BCUT2D eigenvalue weighted by Crippen LogP contribution is 2.16. The molecule has 5 heteroatoms. The zero-order chi connectivity index (χ0) is 18.5. The second-order valence-electron chi connectivity index (χ2n) is 6.28. The molecule has 134 valence electrons. The number of rotatable bonds is 6. The second kappa shape index (κ2) is 7.95. The number of carbonyl (C=O) groups is 1. The Labute approximate surface area is 152 Å². The zero-order valence-electron chi connectivity index (χ0n) is 15.2. The lowest BCUT2D eigenvalue weighted by Gasteiger charge is -2.11. The van der Waals surface area contributed by atoms with Gasteiger partial charge in [0.25, 0.3) is 11.5 Å². The number of carbonyl (C=O) groups excluding carboxylic acids is 1. The van der Waals surface area contributed by atoms with E-state index in [9.17, 15) is 9.59 Å². The third-order valence-corrected chi connectivity index (χ3v) is 4.43. The molecule has 0 aliphatic heterocycles. The smallest absolute Gasteiger partial charge is 0.276 e. The number of anilines is 1. The molecule has 0 radical (unpaired) electrons. The van der Waals surface area contributed by atoms with E-state index in [0.29, 0.717) is 23.0 Å². The van der Waals surface area contributed by atoms with Gasteiger partial charge in [-0.2, -0.15) is 5.10 Å². The van der Waals surface area contributed by atoms with Crippen molar-refractivity contribution in [2.45, 2.75) is 39.7 Å². The lowest BCUT2D eigenvalue weighted by Crippen LogP contribution is -2.27. The van der Waals surface area contributed by atoms with Crippen LogP contribution in [0.2, 0.25) is 0 Å². The number of nitrogens with zero attached hydrogens (tertiary/aromatic N) is 2. The van der Waals surface area contributed by atoms with Gasteiger partial charge in [-0.15, -0.1) is 0 Å². The van der Waals surface area contributed by atoms with Crippen LogP contribution < -0.4 is 10.9 Å². The van der Waals surface area contributed by atoms with Crippen LogP contribution in [0.25, 0.3) is 10.8 Å². The fourth-order valence-electron chi connectivity index (χ4n) is 2.88. The minimum atomic E-state index is -0.310. The van der Waals surface area contributed by atoms with Crippen molar-refractivity contribution in [3.63, 3.8) is 0 Å². The van der Waals surface area contributed by atoms with Crippen LogP contribution in [-0.4, -0.2) is 15.7 Å². The first-order valence-corrected chi connectivity index (χ1v) is 9.04. The Hall–Kier alpha value is -2.95. The normalized spacial score (nSPS) is 10.8. The average Bonchev–Trinajstić information content (AvgIpc) is 2.68. The fraction of sp³-hybridized carbons (Fsp3) is 0.286. The minimum Gasteiger partial charge on any atom is -0.321 e. The summed E-state index contributed by atoms with van der Waals surface area (Å²) in [4.78, 5) is 25.4. The van der Waals surface area contributed by atoms with E-state index in [2.05, 4.69) is 24.3 Å². The number of aryl methyl sites for hydroxylation is 2. The van der Waals surface area contributed by atoms with Gasteiger partial charge in [0.1, 0.15) is 0 Å². The standard InChI is InChI=1S/C21H23N3O2/c1-3-5-14-24-21(26)18-9-7-6-8-17(18)19(23-24)20(25)22-16-12-10-15(4-2)11-13-16/h6-13H,3-5,14H2,1-2H3,(H,22,25). The van der Waals surface area contributed by atoms with Gasteiger partial charge in [0.2, 0.25) is 0 Å². The molecule has 1 heterocycles. The van der Waals surface area contributed by atoms with Crippen molar-refractivity contribution in [3.8, 4) is 0 Å². The van der Waals surface area contributed by atoms with Gasteiger partial charge < -0.3 is 5.32 Å². The Morgan fingerprint density at radius 1 is 1.04 bits per heavy atom. The third kappa shape index (κ3) is 3.67. The number of unbranched alkanes of at least 4 members (excludes halogenated alkanes) is 1. The Morgan fingerprint density at radius 2 is 1.73 bits per heavy atom. The number of benzene rings is 2. The molecule has 0 saturated carbocycles. The first-order valence-electron chi connectivity index (χ1n) is 9.04. The molecule has 2 aromatic carbocycles. The van der Waals surface area contributed by atoms with Crippen LogP contribution >= 0.6 is 0 Å². The summed E-state index contributed by atoms with van der Waals surface area (Å²) in [5.74, 6) is -0.310. The molecule has 1 N–H and O–H groups in total. The van der Waals surface area contributed by atoms with E-state index >= 15 is 0 Å². The highest BCUT2D eigenvalue weighted by Gasteiger charge is 2.16. The number of hydrogen-bond acceptors (Lipinski definition) is 3. The first kappa shape index (κ1) is 17.9. The van der Waals surface area contributed by atoms with Gasteiger partial charge in [0.15, 0.2) is 5.69 Å². The van der Waals surface area contributed by atoms with Gasteiger partial charge in [-0.3, -0.25) is 9.59 Å². The molecule has 3 aromatic rings. The van der Waals surface area contributed by atoms with Crippen LogP contribution in [0, 0.1) is 0 Å². The lowest BCUT2D eigenvalue weighted by atomic mass is 10.1. The fourth-order valence-corrected chi connectivity index (χ4v) is 2.88. The van der Waals surface area contributed by atoms with Crippen molar-refractivity contribution in [2.75, 3.05) is 5.32 Å². The molecule has 26 heavy (non-hydrogen) atoms. The predicted octanol–water partition coefficient (Wildman–Crippen LogP) is 4.01. The minimum absolute atomic E-state index is 0.155. The third-order valence-electron chi connectivity index (χ3n) is 4.43. The van der Waals surface area contributed by atoms with E-state index in [4.69, 9.17) is 0 Å². The maximum absolute atomic E-state index is 12.8. The van der Waals surface area contributed by atoms with E-state index in [1.807, 2.05) is 30.3 Å². The first-order chi connectivity index (χ1) is 12.6. The molecule has 3 rings (SSSR count). The summed E-state index contributed by atoms with van der Waals surface area (Å²) in [6.45, 7) is 4.65. The lowest BCUT2D eigenvalue weighted by molar-refractivity contribution is 0.102. The molecule has 5 nitrogen and oxygen atoms in total. The Kier molecular flexibility index (Phi) is 5.46. The van der Waals surface area contributed by atoms with Crippen molar-refractivity contribution in [3.05, 3.63) is 70.1 Å². The van der Waals surface area contributed by atoms with Crippen molar-refractivity contribution < 1.29 is 4.79 Å². The van der Waals surface area contributed by atoms with Crippen LogP contribution in [0.1, 0.15) is 42.7 Å². The van der Waals surface area contributed by atoms with Gasteiger partial charge in [0.05, 0.1) is 5.39 Å². The molecule has 0 atom stereocenters. The van der Waals surface area contributed by atoms with Crippen LogP contribution in [-0.2, 0) is 13.0 Å². The van der Waals surface area contributed by atoms with Crippen molar-refractivity contribution in [1.82, 2.24) is 9.78 Å². The summed E-state index contributed by atoms with van der Waals surface area (Å²) in [6.07, 6.45) is 2.74. The summed E-state index contributed by atoms with van der Waals surface area (Å²) < 4.78 is 1.40. The Morgan fingerprint density at radius 3 is 2.38 bits per heavy atom. The average molecular weight is 349 g/mol. The molecule has 0 bridgehead atoms. The SMILES string of the molecule is CCCCn1nc(C(=O)Nc2ccc(CC)cc2)c2ccccc2c1=O. The number of fused-ring (bicyclic) bond motifs is 1. The van der Waals surface area contributed by atoms with Crippen LogP contribution in [0.5, 0.6) is 0 Å². The van der Waals surface area contributed by atoms with Crippen molar-refractivity contribution in [2.24, 2.45) is 0 Å². The topological polar surface area (TPSA) is 64.0 Å². The number of nitrogens with one attached hydrogen (secondary N) is 1. The molecule has 0 spiro atoms. The van der Waals surface area contributed by atoms with Crippen LogP contribution in [0.15, 0.2) is 53.3 Å². The summed E-state index contributed by atoms with van der Waals surface area (Å²) in [5, 5.41) is 8.34. The van der Waals surface area contributed by atoms with E-state index in [-0.39, 0.29) is 17.2 Å². The Bertz CT molecular complexity index is 975. The van der Waals surface area contributed by atoms with Crippen molar-refractivity contribution >= 4 is 22.4 Å². The zero-order valence-corrected chi connectivity index (χ0v) is 15.2. The van der Waals surface area contributed by atoms with E-state index in [0.717, 1.165) is 19.3 Å². The second-order valence-corrected chi connectivity index (χ2v) is 6.28. The summed E-state index contributed by atoms with van der Waals surface area (Å²) in [5.41, 5.74) is 2.04. The quantitative estimate of drug-likeness (QED) is 0.731. The molecule has 0 aliphatic carbocycles. The largest absolute Gasteiger partial charge is 0.321 e. The monoisotopic (exact) mass is 349 g/mol. The van der Waals surface area contributed by atoms with Crippen LogP contribution in [0.3, 0.4) is 0 Å². The van der Waals surface area contributed by atoms with E-state index in [1.165, 1.54) is 10.2 Å². The number of amides is 1. The van der Waals surface area contributed by atoms with Gasteiger partial charge in [-0.1, -0.05) is 50.6 Å². The molecule has 0 saturated heterocycles. The summed E-state index contributed by atoms with van der Waals surface area (Å²) >= 11 is 0. The molecule has 1 aromatic heterocycles. The van der Waals surface area contributed by atoms with Gasteiger partial charge in [0, 0.05) is 17.6 Å². The molecule has 1 amide bonds. The molecular weight excluding hydrogens is 326 g/mol. The van der Waals surface area contributed by atoms with Gasteiger partial charge in [-0.05, 0) is 36.6 Å². The summed E-state index contributed by atoms with van der Waals surface area (Å²) in [6, 6.07) is 14.9.